The summed E-state index contributed by atoms with van der Waals surface area (Å²) in [7, 11) is 0. The van der Waals surface area contributed by atoms with E-state index in [9.17, 15) is 13.9 Å². The number of benzene rings is 2. The molecular formula is C14H10BrClF2O. The molecular weight excluding hydrogens is 338 g/mol. The lowest BCUT2D eigenvalue weighted by atomic mass is 10.0. The molecule has 0 amide bonds. The molecule has 100 valence electrons. The van der Waals surface area contributed by atoms with Crippen LogP contribution in [0.3, 0.4) is 0 Å². The third-order valence-corrected chi connectivity index (χ3v) is 3.59. The van der Waals surface area contributed by atoms with Gasteiger partial charge in [-0.25, -0.2) is 8.78 Å². The summed E-state index contributed by atoms with van der Waals surface area (Å²) in [5.41, 5.74) is 0.751. The summed E-state index contributed by atoms with van der Waals surface area (Å²) in [6.07, 6.45) is -0.909. The summed E-state index contributed by atoms with van der Waals surface area (Å²) in [5, 5.41) is 10.5. The molecule has 0 heterocycles. The zero-order chi connectivity index (χ0) is 14.0. The standard InChI is InChI=1S/C14H10BrClF2O/c15-9-2-1-8(12(16)6-9)5-14(19)11-4-3-10(17)7-13(11)18/h1-4,6-7,14,19H,5H2. The minimum atomic E-state index is -1.07. The van der Waals surface area contributed by atoms with E-state index in [1.165, 1.54) is 6.07 Å². The van der Waals surface area contributed by atoms with Crippen LogP contribution >= 0.6 is 27.5 Å². The van der Waals surface area contributed by atoms with Gasteiger partial charge < -0.3 is 5.11 Å². The minimum Gasteiger partial charge on any atom is -0.388 e. The number of halogens is 4. The summed E-state index contributed by atoms with van der Waals surface area (Å²) in [6.45, 7) is 0. The van der Waals surface area contributed by atoms with Crippen molar-refractivity contribution in [3.63, 3.8) is 0 Å². The molecule has 0 radical (unpaired) electrons. The van der Waals surface area contributed by atoms with Crippen molar-refractivity contribution >= 4 is 27.5 Å². The summed E-state index contributed by atoms with van der Waals surface area (Å²) in [5.74, 6) is -1.43. The van der Waals surface area contributed by atoms with E-state index in [4.69, 9.17) is 11.6 Å². The maximum Gasteiger partial charge on any atom is 0.131 e. The molecule has 0 spiro atoms. The Balaban J connectivity index is 2.23. The van der Waals surface area contributed by atoms with Gasteiger partial charge >= 0.3 is 0 Å². The van der Waals surface area contributed by atoms with Gasteiger partial charge in [-0.1, -0.05) is 39.7 Å². The average Bonchev–Trinajstić information content (AvgIpc) is 2.32. The number of aliphatic hydroxyl groups excluding tert-OH is 1. The van der Waals surface area contributed by atoms with Crippen LogP contribution in [-0.2, 0) is 6.42 Å². The van der Waals surface area contributed by atoms with Crippen LogP contribution in [0.5, 0.6) is 0 Å². The first-order valence-corrected chi connectivity index (χ1v) is 6.71. The predicted octanol–water partition coefficient (Wildman–Crippen LogP) is 4.66. The van der Waals surface area contributed by atoms with Gasteiger partial charge in [0.25, 0.3) is 0 Å². The third kappa shape index (κ3) is 3.53. The van der Waals surface area contributed by atoms with Crippen LogP contribution in [0.15, 0.2) is 40.9 Å². The predicted molar refractivity (Wildman–Crippen MR) is 74.2 cm³/mol. The van der Waals surface area contributed by atoms with E-state index in [0.29, 0.717) is 10.6 Å². The van der Waals surface area contributed by atoms with Crippen LogP contribution in [0.2, 0.25) is 5.02 Å². The summed E-state index contributed by atoms with van der Waals surface area (Å²) < 4.78 is 27.1. The second kappa shape index (κ2) is 5.99. The molecule has 2 rings (SSSR count). The van der Waals surface area contributed by atoms with Gasteiger partial charge in [-0.2, -0.15) is 0 Å². The highest BCUT2D eigenvalue weighted by Crippen LogP contribution is 2.27. The van der Waals surface area contributed by atoms with Crippen LogP contribution in [0.4, 0.5) is 8.78 Å². The van der Waals surface area contributed by atoms with E-state index in [1.807, 2.05) is 0 Å². The molecule has 0 aliphatic rings. The van der Waals surface area contributed by atoms with Crippen LogP contribution in [0.25, 0.3) is 0 Å². The van der Waals surface area contributed by atoms with Gasteiger partial charge in [0, 0.05) is 27.5 Å². The number of rotatable bonds is 3. The van der Waals surface area contributed by atoms with Crippen molar-refractivity contribution in [2.45, 2.75) is 12.5 Å². The highest BCUT2D eigenvalue weighted by molar-refractivity contribution is 9.10. The van der Waals surface area contributed by atoms with Gasteiger partial charge in [0.1, 0.15) is 11.6 Å². The van der Waals surface area contributed by atoms with Crippen molar-refractivity contribution in [1.82, 2.24) is 0 Å². The molecule has 2 aromatic rings. The summed E-state index contributed by atoms with van der Waals surface area (Å²) in [4.78, 5) is 0. The fourth-order valence-corrected chi connectivity index (χ4v) is 2.53. The highest BCUT2D eigenvalue weighted by atomic mass is 79.9. The molecule has 19 heavy (non-hydrogen) atoms. The van der Waals surface area contributed by atoms with E-state index >= 15 is 0 Å². The van der Waals surface area contributed by atoms with Crippen molar-refractivity contribution in [2.75, 3.05) is 0 Å². The molecule has 0 aromatic heterocycles. The number of aliphatic hydroxyl groups is 1. The second-order valence-electron chi connectivity index (χ2n) is 4.12. The lowest BCUT2D eigenvalue weighted by Gasteiger charge is -2.13. The van der Waals surface area contributed by atoms with Gasteiger partial charge in [0.15, 0.2) is 0 Å². The monoisotopic (exact) mass is 346 g/mol. The number of hydrogen-bond acceptors (Lipinski definition) is 1. The van der Waals surface area contributed by atoms with E-state index in [-0.39, 0.29) is 12.0 Å². The van der Waals surface area contributed by atoms with E-state index in [1.54, 1.807) is 18.2 Å². The molecule has 0 saturated carbocycles. The molecule has 0 aliphatic carbocycles. The molecule has 0 aliphatic heterocycles. The van der Waals surface area contributed by atoms with Gasteiger partial charge in [-0.15, -0.1) is 0 Å². The Morgan fingerprint density at radius 1 is 1.16 bits per heavy atom. The first-order chi connectivity index (χ1) is 8.97. The first-order valence-electron chi connectivity index (χ1n) is 5.54. The average molecular weight is 348 g/mol. The maximum atomic E-state index is 13.5. The van der Waals surface area contributed by atoms with E-state index in [2.05, 4.69) is 15.9 Å². The Morgan fingerprint density at radius 3 is 2.53 bits per heavy atom. The van der Waals surface area contributed by atoms with Crippen molar-refractivity contribution in [3.8, 4) is 0 Å². The van der Waals surface area contributed by atoms with Gasteiger partial charge in [-0.3, -0.25) is 0 Å². The Hall–Kier alpha value is -0.970. The van der Waals surface area contributed by atoms with Crippen LogP contribution in [0.1, 0.15) is 17.2 Å². The number of hydrogen-bond donors (Lipinski definition) is 1. The first kappa shape index (κ1) is 14.4. The fourth-order valence-electron chi connectivity index (χ4n) is 1.78. The molecule has 0 fully saturated rings. The quantitative estimate of drug-likeness (QED) is 0.856. The second-order valence-corrected chi connectivity index (χ2v) is 5.44. The third-order valence-electron chi connectivity index (χ3n) is 2.75. The zero-order valence-electron chi connectivity index (χ0n) is 9.71. The van der Waals surface area contributed by atoms with Crippen molar-refractivity contribution in [1.29, 1.82) is 0 Å². The lowest BCUT2D eigenvalue weighted by molar-refractivity contribution is 0.173. The molecule has 1 atom stereocenters. The summed E-state index contributed by atoms with van der Waals surface area (Å²) in [6, 6.07) is 8.34. The Morgan fingerprint density at radius 2 is 1.89 bits per heavy atom. The van der Waals surface area contributed by atoms with Crippen LogP contribution in [0, 0.1) is 11.6 Å². The highest BCUT2D eigenvalue weighted by Gasteiger charge is 2.15. The van der Waals surface area contributed by atoms with E-state index < -0.39 is 17.7 Å². The molecule has 1 nitrogen and oxygen atoms in total. The Kier molecular flexibility index (Phi) is 4.55. The van der Waals surface area contributed by atoms with Gasteiger partial charge in [0.2, 0.25) is 0 Å². The Labute approximate surface area is 123 Å². The van der Waals surface area contributed by atoms with Crippen LogP contribution < -0.4 is 0 Å². The van der Waals surface area contributed by atoms with Gasteiger partial charge in [0.05, 0.1) is 6.10 Å². The summed E-state index contributed by atoms with van der Waals surface area (Å²) >= 11 is 9.31. The smallest absolute Gasteiger partial charge is 0.131 e. The van der Waals surface area contributed by atoms with Crippen molar-refractivity contribution in [3.05, 3.63) is 68.7 Å². The van der Waals surface area contributed by atoms with Crippen molar-refractivity contribution < 1.29 is 13.9 Å². The molecule has 0 saturated heterocycles. The van der Waals surface area contributed by atoms with Crippen LogP contribution in [-0.4, -0.2) is 5.11 Å². The largest absolute Gasteiger partial charge is 0.388 e. The topological polar surface area (TPSA) is 20.2 Å². The van der Waals surface area contributed by atoms with E-state index in [0.717, 1.165) is 16.6 Å². The molecule has 5 heteroatoms. The van der Waals surface area contributed by atoms with Gasteiger partial charge in [-0.05, 0) is 23.8 Å². The Bertz CT molecular complexity index is 604. The molecule has 0 bridgehead atoms. The lowest BCUT2D eigenvalue weighted by Crippen LogP contribution is -2.05. The normalized spacial score (nSPS) is 12.5. The SMILES string of the molecule is OC(Cc1ccc(Br)cc1Cl)c1ccc(F)cc1F. The zero-order valence-corrected chi connectivity index (χ0v) is 12.0. The maximum absolute atomic E-state index is 13.5. The molecule has 2 aromatic carbocycles. The molecule has 1 unspecified atom stereocenters. The molecule has 1 N–H and O–H groups in total. The fraction of sp³-hybridized carbons (Fsp3) is 0.143. The minimum absolute atomic E-state index is 0.0559. The van der Waals surface area contributed by atoms with Crippen molar-refractivity contribution in [2.24, 2.45) is 0 Å².